The van der Waals surface area contributed by atoms with Gasteiger partial charge in [0.2, 0.25) is 0 Å². The summed E-state index contributed by atoms with van der Waals surface area (Å²) in [6, 6.07) is 14.9. The average molecular weight is 288 g/mol. The lowest BCUT2D eigenvalue weighted by molar-refractivity contribution is 0.383. The predicted octanol–water partition coefficient (Wildman–Crippen LogP) is 3.53. The Hall–Kier alpha value is -1.91. The summed E-state index contributed by atoms with van der Waals surface area (Å²) in [5.74, 6) is 5.77. The molecule has 0 heterocycles. The van der Waals surface area contributed by atoms with Crippen LogP contribution in [-0.4, -0.2) is 7.11 Å². The minimum absolute atomic E-state index is 0.155. The summed E-state index contributed by atoms with van der Waals surface area (Å²) >= 11 is 0. The zero-order valence-electron chi connectivity index (χ0n) is 12.3. The molecular weight excluding hydrogens is 267 g/mol. The van der Waals surface area contributed by atoms with Crippen LogP contribution in [0.2, 0.25) is 0 Å². The van der Waals surface area contributed by atoms with E-state index in [1.807, 2.05) is 24.3 Å². The van der Waals surface area contributed by atoms with Gasteiger partial charge in [0.05, 0.1) is 13.2 Å². The Kier molecular flexibility index (Phi) is 5.31. The van der Waals surface area contributed by atoms with Gasteiger partial charge in [0.15, 0.2) is 11.6 Å². The largest absolute Gasteiger partial charge is 0.494 e. The van der Waals surface area contributed by atoms with Crippen LogP contribution >= 0.6 is 0 Å². The van der Waals surface area contributed by atoms with E-state index < -0.39 is 0 Å². The van der Waals surface area contributed by atoms with Crippen LogP contribution in [0.15, 0.2) is 48.5 Å². The third kappa shape index (κ3) is 3.40. The van der Waals surface area contributed by atoms with Crippen LogP contribution in [0, 0.1) is 5.82 Å². The molecule has 0 saturated heterocycles. The molecule has 3 N–H and O–H groups in total. The molecule has 21 heavy (non-hydrogen) atoms. The Bertz CT molecular complexity index is 574. The maximum atomic E-state index is 13.9. The molecule has 2 aromatic carbocycles. The fourth-order valence-electron chi connectivity index (χ4n) is 2.68. The van der Waals surface area contributed by atoms with Crippen LogP contribution in [0.3, 0.4) is 0 Å². The molecule has 0 aliphatic heterocycles. The number of nitrogens with one attached hydrogen (secondary N) is 1. The van der Waals surface area contributed by atoms with Gasteiger partial charge >= 0.3 is 0 Å². The lowest BCUT2D eigenvalue weighted by Crippen LogP contribution is -2.32. The first kappa shape index (κ1) is 15.5. The van der Waals surface area contributed by atoms with E-state index in [0.29, 0.717) is 0 Å². The standard InChI is InChI=1S/C17H21FN2O/c1-3-14(12-7-5-4-6-8-12)17(20-19)13-9-10-16(21-2)15(18)11-13/h4-11,14,17,20H,3,19H2,1-2H3. The van der Waals surface area contributed by atoms with E-state index in [9.17, 15) is 4.39 Å². The quantitative estimate of drug-likeness (QED) is 0.631. The fraction of sp³-hybridized carbons (Fsp3) is 0.294. The smallest absolute Gasteiger partial charge is 0.165 e. The number of rotatable bonds is 6. The van der Waals surface area contributed by atoms with Crippen molar-refractivity contribution in [3.63, 3.8) is 0 Å². The third-order valence-corrected chi connectivity index (χ3v) is 3.78. The number of benzene rings is 2. The lowest BCUT2D eigenvalue weighted by Gasteiger charge is -2.26. The van der Waals surface area contributed by atoms with Crippen molar-refractivity contribution in [2.75, 3.05) is 7.11 Å². The van der Waals surface area contributed by atoms with Crippen LogP contribution in [0.4, 0.5) is 4.39 Å². The van der Waals surface area contributed by atoms with Crippen molar-refractivity contribution in [1.82, 2.24) is 5.43 Å². The molecule has 2 rings (SSSR count). The summed E-state index contributed by atoms with van der Waals surface area (Å²) in [5.41, 5.74) is 4.82. The molecule has 0 aromatic heterocycles. The third-order valence-electron chi connectivity index (χ3n) is 3.78. The number of halogens is 1. The van der Waals surface area contributed by atoms with E-state index in [-0.39, 0.29) is 23.5 Å². The first-order valence-corrected chi connectivity index (χ1v) is 7.05. The Morgan fingerprint density at radius 2 is 1.86 bits per heavy atom. The number of methoxy groups -OCH3 is 1. The first-order chi connectivity index (χ1) is 10.2. The Balaban J connectivity index is 2.35. The van der Waals surface area contributed by atoms with Crippen molar-refractivity contribution in [2.24, 2.45) is 5.84 Å². The summed E-state index contributed by atoms with van der Waals surface area (Å²) in [5, 5.41) is 0. The van der Waals surface area contributed by atoms with E-state index >= 15 is 0 Å². The second-order valence-corrected chi connectivity index (χ2v) is 4.96. The fourth-order valence-corrected chi connectivity index (χ4v) is 2.68. The molecular formula is C17H21FN2O. The first-order valence-electron chi connectivity index (χ1n) is 7.05. The monoisotopic (exact) mass is 288 g/mol. The topological polar surface area (TPSA) is 47.3 Å². The van der Waals surface area contributed by atoms with Gasteiger partial charge < -0.3 is 4.74 Å². The zero-order chi connectivity index (χ0) is 15.2. The highest BCUT2D eigenvalue weighted by atomic mass is 19.1. The molecule has 2 unspecified atom stereocenters. The molecule has 0 fully saturated rings. The van der Waals surface area contributed by atoms with E-state index in [1.165, 1.54) is 18.7 Å². The Morgan fingerprint density at radius 1 is 1.14 bits per heavy atom. The predicted molar refractivity (Wildman–Crippen MR) is 82.5 cm³/mol. The van der Waals surface area contributed by atoms with E-state index in [4.69, 9.17) is 10.6 Å². The summed E-state index contributed by atoms with van der Waals surface area (Å²) in [4.78, 5) is 0. The highest BCUT2D eigenvalue weighted by molar-refractivity contribution is 5.33. The van der Waals surface area contributed by atoms with E-state index in [2.05, 4.69) is 24.5 Å². The van der Waals surface area contributed by atoms with Crippen molar-refractivity contribution in [1.29, 1.82) is 0 Å². The normalized spacial score (nSPS) is 13.7. The van der Waals surface area contributed by atoms with Crippen LogP contribution in [0.1, 0.15) is 36.4 Å². The number of hydrazine groups is 1. The number of hydrogen-bond donors (Lipinski definition) is 2. The highest BCUT2D eigenvalue weighted by Crippen LogP contribution is 2.34. The number of ether oxygens (including phenoxy) is 1. The molecule has 0 aliphatic rings. The number of hydrogen-bond acceptors (Lipinski definition) is 3. The van der Waals surface area contributed by atoms with Crippen molar-refractivity contribution < 1.29 is 9.13 Å². The van der Waals surface area contributed by atoms with Gasteiger partial charge in [-0.25, -0.2) is 4.39 Å². The molecule has 4 heteroatoms. The molecule has 112 valence electrons. The minimum Gasteiger partial charge on any atom is -0.494 e. The van der Waals surface area contributed by atoms with Crippen LogP contribution in [0.5, 0.6) is 5.75 Å². The van der Waals surface area contributed by atoms with Gasteiger partial charge in [-0.05, 0) is 29.7 Å². The summed E-state index contributed by atoms with van der Waals surface area (Å²) in [6.45, 7) is 2.10. The molecule has 3 nitrogen and oxygen atoms in total. The molecule has 0 bridgehead atoms. The summed E-state index contributed by atoms with van der Waals surface area (Å²) < 4.78 is 18.9. The van der Waals surface area contributed by atoms with Crippen molar-refractivity contribution in [3.05, 3.63) is 65.5 Å². The second kappa shape index (κ2) is 7.20. The van der Waals surface area contributed by atoms with Gasteiger partial charge in [-0.15, -0.1) is 0 Å². The highest BCUT2D eigenvalue weighted by Gasteiger charge is 2.23. The van der Waals surface area contributed by atoms with Crippen LogP contribution in [0.25, 0.3) is 0 Å². The molecule has 0 radical (unpaired) electrons. The van der Waals surface area contributed by atoms with Crippen LogP contribution in [-0.2, 0) is 0 Å². The minimum atomic E-state index is -0.377. The van der Waals surface area contributed by atoms with Gasteiger partial charge in [0.1, 0.15) is 0 Å². The molecule has 0 spiro atoms. The maximum Gasteiger partial charge on any atom is 0.165 e. The Morgan fingerprint density at radius 3 is 2.38 bits per heavy atom. The van der Waals surface area contributed by atoms with Gasteiger partial charge in [-0.2, -0.15) is 0 Å². The average Bonchev–Trinajstić information content (AvgIpc) is 2.53. The Labute approximate surface area is 124 Å². The number of nitrogens with two attached hydrogens (primary N) is 1. The lowest BCUT2D eigenvalue weighted by atomic mass is 9.85. The van der Waals surface area contributed by atoms with Crippen LogP contribution < -0.4 is 16.0 Å². The van der Waals surface area contributed by atoms with Crippen molar-refractivity contribution >= 4 is 0 Å². The van der Waals surface area contributed by atoms with Crippen molar-refractivity contribution in [3.8, 4) is 5.75 Å². The van der Waals surface area contributed by atoms with Gasteiger partial charge in [-0.1, -0.05) is 43.3 Å². The van der Waals surface area contributed by atoms with Gasteiger partial charge in [-0.3, -0.25) is 11.3 Å². The summed E-state index contributed by atoms with van der Waals surface area (Å²) in [6.07, 6.45) is 0.895. The SMILES string of the molecule is CCC(c1ccccc1)C(NN)c1ccc(OC)c(F)c1. The molecule has 0 aliphatic carbocycles. The zero-order valence-corrected chi connectivity index (χ0v) is 12.3. The van der Waals surface area contributed by atoms with Gasteiger partial charge in [0, 0.05) is 5.92 Å². The van der Waals surface area contributed by atoms with E-state index in [0.717, 1.165) is 12.0 Å². The van der Waals surface area contributed by atoms with Gasteiger partial charge in [0.25, 0.3) is 0 Å². The summed E-state index contributed by atoms with van der Waals surface area (Å²) in [7, 11) is 1.45. The van der Waals surface area contributed by atoms with E-state index in [1.54, 1.807) is 6.07 Å². The molecule has 0 amide bonds. The molecule has 2 atom stereocenters. The second-order valence-electron chi connectivity index (χ2n) is 4.96. The van der Waals surface area contributed by atoms with Crippen molar-refractivity contribution in [2.45, 2.75) is 25.3 Å². The maximum absolute atomic E-state index is 13.9. The molecule has 2 aromatic rings. The molecule has 0 saturated carbocycles.